The molecule has 0 fully saturated rings. The van der Waals surface area contributed by atoms with Gasteiger partial charge in [0.1, 0.15) is 5.75 Å². The predicted octanol–water partition coefficient (Wildman–Crippen LogP) is -0.382. The van der Waals surface area contributed by atoms with E-state index in [0.717, 1.165) is 0 Å². The van der Waals surface area contributed by atoms with Gasteiger partial charge in [0.15, 0.2) is 0 Å². The fraction of sp³-hybridized carbons (Fsp3) is 0.125. The molecule has 0 bridgehead atoms. The van der Waals surface area contributed by atoms with Gasteiger partial charge >= 0.3 is 6.29 Å². The van der Waals surface area contributed by atoms with Crippen LogP contribution in [0.4, 0.5) is 0 Å². The molecule has 1 rings (SSSR count). The maximum absolute atomic E-state index is 10.9. The first-order chi connectivity index (χ1) is 5.61. The van der Waals surface area contributed by atoms with Crippen LogP contribution in [-0.2, 0) is 0 Å². The van der Waals surface area contributed by atoms with Crippen LogP contribution in [0.2, 0.25) is 0 Å². The molecule has 0 amide bonds. The van der Waals surface area contributed by atoms with Crippen molar-refractivity contribution in [3.8, 4) is 5.75 Å². The zero-order valence-electron chi connectivity index (χ0n) is 6.19. The maximum atomic E-state index is 10.9. The summed E-state index contributed by atoms with van der Waals surface area (Å²) >= 11 is 0. The number of ketones is 1. The third-order valence-corrected chi connectivity index (χ3v) is 1.40. The van der Waals surface area contributed by atoms with Crippen LogP contribution in [0.1, 0.15) is 10.4 Å². The summed E-state index contributed by atoms with van der Waals surface area (Å²) in [4.78, 5) is 10.9. The van der Waals surface area contributed by atoms with Crippen LogP contribution < -0.4 is 0 Å². The fourth-order valence-electron chi connectivity index (χ4n) is 0.784. The summed E-state index contributed by atoms with van der Waals surface area (Å²) in [6, 6.07) is 5.37. The molecule has 0 spiro atoms. The molecule has 1 aromatic rings. The van der Waals surface area contributed by atoms with Gasteiger partial charge in [-0.15, -0.1) is 0 Å². The van der Waals surface area contributed by atoms with Gasteiger partial charge in [0.25, 0.3) is 5.78 Å². The molecular weight excluding hydrogens is 160 g/mol. The fourth-order valence-corrected chi connectivity index (χ4v) is 0.784. The van der Waals surface area contributed by atoms with Crippen LogP contribution >= 0.6 is 0 Å². The van der Waals surface area contributed by atoms with Gasteiger partial charge in [-0.05, 0) is 24.3 Å². The summed E-state index contributed by atoms with van der Waals surface area (Å²) in [5.41, 5.74) is 0.218. The van der Waals surface area contributed by atoms with E-state index in [2.05, 4.69) is 0 Å². The minimum atomic E-state index is -1.74. The Balaban J connectivity index is 2.90. The third kappa shape index (κ3) is 1.81. The van der Waals surface area contributed by atoms with Crippen molar-refractivity contribution in [1.82, 2.24) is 0 Å². The van der Waals surface area contributed by atoms with E-state index in [1.54, 1.807) is 0 Å². The van der Waals surface area contributed by atoms with Crippen molar-refractivity contribution >= 4 is 5.78 Å². The number of hydrogen-bond donors (Lipinski definition) is 2. The van der Waals surface area contributed by atoms with E-state index >= 15 is 0 Å². The molecule has 1 atom stereocenters. The Morgan fingerprint density at radius 3 is 2.25 bits per heavy atom. The minimum absolute atomic E-state index is 0.0472. The summed E-state index contributed by atoms with van der Waals surface area (Å²) in [6.45, 7) is 0. The number of phenols is 1. The monoisotopic (exact) mass is 169 g/mol. The topological polar surface area (TPSA) is 80.4 Å². The average Bonchev–Trinajstić information content (AvgIpc) is 2.04. The molecule has 4 nitrogen and oxygen atoms in total. The number of aliphatic hydroxyl groups excluding tert-OH is 1. The summed E-state index contributed by atoms with van der Waals surface area (Å²) in [7, 11) is 0. The molecule has 4 N–H and O–H groups in total. The first-order valence-electron chi connectivity index (χ1n) is 3.33. The Morgan fingerprint density at radius 2 is 1.83 bits per heavy atom. The van der Waals surface area contributed by atoms with E-state index in [9.17, 15) is 4.79 Å². The van der Waals surface area contributed by atoms with Crippen LogP contribution in [0.5, 0.6) is 5.75 Å². The van der Waals surface area contributed by atoms with Crippen LogP contribution in [0.3, 0.4) is 0 Å². The van der Waals surface area contributed by atoms with Crippen LogP contribution in [0.25, 0.3) is 0 Å². The molecule has 0 saturated heterocycles. The molecule has 0 aliphatic carbocycles. The molecule has 0 heterocycles. The van der Waals surface area contributed by atoms with Gasteiger partial charge < -0.3 is 15.3 Å². The lowest BCUT2D eigenvalue weighted by molar-refractivity contribution is -0.0195. The highest BCUT2D eigenvalue weighted by Crippen LogP contribution is 2.10. The van der Waals surface area contributed by atoms with Crippen molar-refractivity contribution in [3.05, 3.63) is 29.8 Å². The number of aromatic hydroxyl groups is 1. The molecular formula is C8H9O4+. The van der Waals surface area contributed by atoms with Crippen molar-refractivity contribution < 1.29 is 20.1 Å². The lowest BCUT2D eigenvalue weighted by Gasteiger charge is -1.98. The number of benzene rings is 1. The first kappa shape index (κ1) is 8.70. The highest BCUT2D eigenvalue weighted by Gasteiger charge is 2.17. The van der Waals surface area contributed by atoms with Gasteiger partial charge in [-0.2, -0.15) is 0 Å². The Morgan fingerprint density at radius 1 is 1.33 bits per heavy atom. The van der Waals surface area contributed by atoms with Gasteiger partial charge in [-0.25, -0.2) is 0 Å². The highest BCUT2D eigenvalue weighted by atomic mass is 16.5. The summed E-state index contributed by atoms with van der Waals surface area (Å²) in [6.07, 6.45) is -1.74. The summed E-state index contributed by atoms with van der Waals surface area (Å²) in [5, 5.41) is 24.2. The molecule has 0 aliphatic heterocycles. The van der Waals surface area contributed by atoms with Gasteiger partial charge in [0.2, 0.25) is 0 Å². The maximum Gasteiger partial charge on any atom is 0.327 e. The number of phenolic OH excluding ortho intramolecular Hbond substituents is 1. The van der Waals surface area contributed by atoms with E-state index in [4.69, 9.17) is 15.3 Å². The Hall–Kier alpha value is -1.39. The standard InChI is InChI=1S/C8H8O4/c9-6-3-1-5(2-4-6)7(10)8(11)12/h1-4,8-9,11-12H/p+1. The van der Waals surface area contributed by atoms with Crippen molar-refractivity contribution in [1.29, 1.82) is 0 Å². The molecule has 0 aromatic heterocycles. The quantitative estimate of drug-likeness (QED) is 0.359. The Labute approximate surface area is 68.7 Å². The van der Waals surface area contributed by atoms with Crippen molar-refractivity contribution in [2.75, 3.05) is 0 Å². The lowest BCUT2D eigenvalue weighted by Crippen LogP contribution is -2.18. The number of rotatable bonds is 2. The normalized spacial score (nSPS) is 12.5. The molecule has 12 heavy (non-hydrogen) atoms. The zero-order chi connectivity index (χ0) is 9.14. The first-order valence-corrected chi connectivity index (χ1v) is 3.33. The van der Waals surface area contributed by atoms with Crippen molar-refractivity contribution in [3.63, 3.8) is 0 Å². The summed E-state index contributed by atoms with van der Waals surface area (Å²) in [5.74, 6) is -0.624. The number of aliphatic hydroxyl groups is 1. The van der Waals surface area contributed by atoms with E-state index in [0.29, 0.717) is 0 Å². The third-order valence-electron chi connectivity index (χ3n) is 1.40. The number of carbonyl (C=O) groups is 1. The second-order valence-corrected chi connectivity index (χ2v) is 2.31. The highest BCUT2D eigenvalue weighted by molar-refractivity contribution is 5.98. The Kier molecular flexibility index (Phi) is 2.42. The average molecular weight is 169 g/mol. The number of hydrogen-bond acceptors (Lipinski definition) is 3. The Bertz CT molecular complexity index is 276. The number of carbonyl (C=O) groups excluding carboxylic acids is 1. The SMILES string of the molecule is O=C(c1ccc(O)cc1)C(O)[OH2+]. The van der Waals surface area contributed by atoms with Gasteiger partial charge in [0, 0.05) is 5.56 Å². The lowest BCUT2D eigenvalue weighted by atomic mass is 10.1. The van der Waals surface area contributed by atoms with E-state index in [-0.39, 0.29) is 11.3 Å². The predicted molar refractivity (Wildman–Crippen MR) is 42.1 cm³/mol. The molecule has 4 heteroatoms. The largest absolute Gasteiger partial charge is 0.508 e. The van der Waals surface area contributed by atoms with E-state index in [1.807, 2.05) is 0 Å². The number of Topliss-reactive ketones (excluding diaryl/α,β-unsaturated/α-hetero) is 1. The molecule has 0 saturated carbocycles. The van der Waals surface area contributed by atoms with Crippen LogP contribution in [0, 0.1) is 0 Å². The minimum Gasteiger partial charge on any atom is -0.508 e. The summed E-state index contributed by atoms with van der Waals surface area (Å²) < 4.78 is 0. The van der Waals surface area contributed by atoms with Gasteiger partial charge in [-0.3, -0.25) is 4.79 Å². The van der Waals surface area contributed by atoms with Crippen LogP contribution in [-0.4, -0.2) is 27.4 Å². The van der Waals surface area contributed by atoms with Crippen LogP contribution in [0.15, 0.2) is 24.3 Å². The van der Waals surface area contributed by atoms with Gasteiger partial charge in [-0.1, -0.05) is 0 Å². The van der Waals surface area contributed by atoms with Crippen molar-refractivity contribution in [2.24, 2.45) is 0 Å². The molecule has 64 valence electrons. The van der Waals surface area contributed by atoms with E-state index in [1.165, 1.54) is 24.3 Å². The molecule has 0 aliphatic rings. The van der Waals surface area contributed by atoms with Gasteiger partial charge in [0.05, 0.1) is 0 Å². The van der Waals surface area contributed by atoms with Crippen molar-refractivity contribution in [2.45, 2.75) is 6.29 Å². The second kappa shape index (κ2) is 3.34. The smallest absolute Gasteiger partial charge is 0.327 e. The molecule has 1 aromatic carbocycles. The molecule has 1 unspecified atom stereocenters. The van der Waals surface area contributed by atoms with E-state index < -0.39 is 12.1 Å². The second-order valence-electron chi connectivity index (χ2n) is 2.31. The molecule has 0 radical (unpaired) electrons. The zero-order valence-corrected chi connectivity index (χ0v) is 6.19.